The summed E-state index contributed by atoms with van der Waals surface area (Å²) in [4.78, 5) is 12.3. The molecule has 0 aliphatic carbocycles. The van der Waals surface area contributed by atoms with E-state index in [0.29, 0.717) is 29.4 Å². The summed E-state index contributed by atoms with van der Waals surface area (Å²) in [6.45, 7) is 0.397. The van der Waals surface area contributed by atoms with E-state index >= 15 is 0 Å². The SMILES string of the molecule is COc1ccc(C(=O)N/N=C\c2cc(I)c(OCc3ccc(Br)cc3)c(OC)c2)c(O)c1. The van der Waals surface area contributed by atoms with E-state index in [1.165, 1.54) is 25.5 Å². The fourth-order valence-electron chi connectivity index (χ4n) is 2.75. The van der Waals surface area contributed by atoms with Gasteiger partial charge in [0.1, 0.15) is 18.1 Å². The molecule has 3 aromatic carbocycles. The molecule has 0 spiro atoms. The highest BCUT2D eigenvalue weighted by atomic mass is 127. The number of amides is 1. The van der Waals surface area contributed by atoms with E-state index in [9.17, 15) is 9.90 Å². The number of halogens is 2. The minimum absolute atomic E-state index is 0.0896. The monoisotopic (exact) mass is 610 g/mol. The molecule has 0 unspecified atom stereocenters. The molecule has 3 aromatic rings. The number of ether oxygens (including phenoxy) is 3. The van der Waals surface area contributed by atoms with Crippen molar-refractivity contribution in [2.75, 3.05) is 14.2 Å². The predicted octanol–water partition coefficient (Wildman–Crippen LogP) is 5.12. The number of hydrogen-bond acceptors (Lipinski definition) is 6. The van der Waals surface area contributed by atoms with Crippen molar-refractivity contribution in [1.82, 2.24) is 5.43 Å². The number of nitrogens with zero attached hydrogens (tertiary/aromatic N) is 1. The quantitative estimate of drug-likeness (QED) is 0.210. The largest absolute Gasteiger partial charge is 0.507 e. The third-order valence-corrected chi connectivity index (χ3v) is 5.71. The molecule has 9 heteroatoms. The molecular formula is C23H20BrIN2O5. The lowest BCUT2D eigenvalue weighted by atomic mass is 10.2. The normalized spacial score (nSPS) is 10.8. The molecule has 0 radical (unpaired) electrons. The van der Waals surface area contributed by atoms with E-state index < -0.39 is 5.91 Å². The Morgan fingerprint density at radius 3 is 2.53 bits per heavy atom. The number of phenolic OH excluding ortho intramolecular Hbond substituents is 1. The van der Waals surface area contributed by atoms with Crippen LogP contribution in [0, 0.1) is 3.57 Å². The average Bonchev–Trinajstić information content (AvgIpc) is 2.78. The van der Waals surface area contributed by atoms with Crippen molar-refractivity contribution < 1.29 is 24.1 Å². The van der Waals surface area contributed by atoms with Gasteiger partial charge in [-0.2, -0.15) is 5.10 Å². The van der Waals surface area contributed by atoms with Gasteiger partial charge in [-0.05, 0) is 70.1 Å². The summed E-state index contributed by atoms with van der Waals surface area (Å²) in [5.74, 6) is 0.889. The van der Waals surface area contributed by atoms with Gasteiger partial charge in [-0.15, -0.1) is 0 Å². The van der Waals surface area contributed by atoms with Crippen LogP contribution < -0.4 is 19.6 Å². The van der Waals surface area contributed by atoms with Gasteiger partial charge in [0.25, 0.3) is 5.91 Å². The lowest BCUT2D eigenvalue weighted by molar-refractivity contribution is 0.0952. The van der Waals surface area contributed by atoms with Crippen molar-refractivity contribution >= 4 is 50.6 Å². The highest BCUT2D eigenvalue weighted by molar-refractivity contribution is 14.1. The van der Waals surface area contributed by atoms with Crippen LogP contribution in [0.5, 0.6) is 23.0 Å². The van der Waals surface area contributed by atoms with Gasteiger partial charge in [-0.25, -0.2) is 5.43 Å². The number of benzene rings is 3. The van der Waals surface area contributed by atoms with Crippen molar-refractivity contribution in [3.63, 3.8) is 0 Å². The minimum atomic E-state index is -0.544. The Morgan fingerprint density at radius 2 is 1.88 bits per heavy atom. The summed E-state index contributed by atoms with van der Waals surface area (Å²) in [5.41, 5.74) is 4.23. The Bertz CT molecular complexity index is 1140. The number of rotatable bonds is 8. The lowest BCUT2D eigenvalue weighted by Gasteiger charge is -2.13. The molecular weight excluding hydrogens is 591 g/mol. The van der Waals surface area contributed by atoms with E-state index in [1.54, 1.807) is 19.2 Å². The second-order valence-corrected chi connectivity index (χ2v) is 8.61. The Balaban J connectivity index is 1.69. The molecule has 0 aliphatic heterocycles. The fourth-order valence-corrected chi connectivity index (χ4v) is 3.79. The zero-order valence-electron chi connectivity index (χ0n) is 17.3. The summed E-state index contributed by atoms with van der Waals surface area (Å²) in [7, 11) is 3.04. The molecule has 2 N–H and O–H groups in total. The van der Waals surface area contributed by atoms with E-state index in [1.807, 2.05) is 30.3 Å². The number of carbonyl (C=O) groups excluding carboxylic acids is 1. The second-order valence-electron chi connectivity index (χ2n) is 6.53. The zero-order chi connectivity index (χ0) is 23.1. The van der Waals surface area contributed by atoms with Gasteiger partial charge in [-0.3, -0.25) is 4.79 Å². The van der Waals surface area contributed by atoms with E-state index in [0.717, 1.165) is 13.6 Å². The molecule has 7 nitrogen and oxygen atoms in total. The zero-order valence-corrected chi connectivity index (χ0v) is 21.0. The highest BCUT2D eigenvalue weighted by Crippen LogP contribution is 2.34. The van der Waals surface area contributed by atoms with E-state index in [-0.39, 0.29) is 11.3 Å². The van der Waals surface area contributed by atoms with Crippen molar-refractivity contribution in [1.29, 1.82) is 0 Å². The molecule has 0 fully saturated rings. The number of hydrogen-bond donors (Lipinski definition) is 2. The standard InChI is InChI=1S/C23H20BrIN2O5/c1-30-17-7-8-18(20(28)11-17)23(29)27-26-12-15-9-19(25)22(21(10-15)31-2)32-13-14-3-5-16(24)6-4-14/h3-12,28H,13H2,1-2H3,(H,27,29)/b26-12-. The van der Waals surface area contributed by atoms with Gasteiger partial charge in [-0.1, -0.05) is 28.1 Å². The molecule has 0 aliphatic rings. The van der Waals surface area contributed by atoms with Crippen LogP contribution in [-0.4, -0.2) is 31.4 Å². The Hall–Kier alpha value is -2.79. The average molecular weight is 611 g/mol. The maximum absolute atomic E-state index is 12.3. The topological polar surface area (TPSA) is 89.4 Å². The van der Waals surface area contributed by atoms with Crippen LogP contribution in [0.25, 0.3) is 0 Å². The van der Waals surface area contributed by atoms with E-state index in [2.05, 4.69) is 49.0 Å². The van der Waals surface area contributed by atoms with Crippen LogP contribution in [0.1, 0.15) is 21.5 Å². The second kappa shape index (κ2) is 11.2. The van der Waals surface area contributed by atoms with Gasteiger partial charge in [0.2, 0.25) is 0 Å². The van der Waals surface area contributed by atoms with Crippen molar-refractivity contribution in [2.45, 2.75) is 6.61 Å². The molecule has 0 atom stereocenters. The number of aromatic hydroxyl groups is 1. The fraction of sp³-hybridized carbons (Fsp3) is 0.130. The van der Waals surface area contributed by atoms with Crippen LogP contribution in [0.4, 0.5) is 0 Å². The maximum Gasteiger partial charge on any atom is 0.275 e. The van der Waals surface area contributed by atoms with Crippen LogP contribution in [0.2, 0.25) is 0 Å². The van der Waals surface area contributed by atoms with Gasteiger partial charge in [0.05, 0.1) is 29.6 Å². The van der Waals surface area contributed by atoms with Crippen LogP contribution in [0.15, 0.2) is 64.2 Å². The summed E-state index contributed by atoms with van der Waals surface area (Å²) < 4.78 is 18.3. The first-order valence-corrected chi connectivity index (χ1v) is 11.2. The lowest BCUT2D eigenvalue weighted by Crippen LogP contribution is -2.17. The van der Waals surface area contributed by atoms with Crippen molar-refractivity contribution in [2.24, 2.45) is 5.10 Å². The molecule has 0 aromatic heterocycles. The third kappa shape index (κ3) is 6.13. The number of carbonyl (C=O) groups is 1. The smallest absolute Gasteiger partial charge is 0.275 e. The third-order valence-electron chi connectivity index (χ3n) is 4.38. The Kier molecular flexibility index (Phi) is 8.34. The predicted molar refractivity (Wildman–Crippen MR) is 134 cm³/mol. The maximum atomic E-state index is 12.3. The van der Waals surface area contributed by atoms with Gasteiger partial charge < -0.3 is 19.3 Å². The summed E-state index contributed by atoms with van der Waals surface area (Å²) in [6.07, 6.45) is 1.49. The van der Waals surface area contributed by atoms with Crippen molar-refractivity contribution in [3.05, 3.63) is 79.3 Å². The first-order chi connectivity index (χ1) is 15.4. The van der Waals surface area contributed by atoms with Gasteiger partial charge in [0.15, 0.2) is 11.5 Å². The molecule has 0 saturated carbocycles. The molecule has 166 valence electrons. The Labute approximate surface area is 207 Å². The van der Waals surface area contributed by atoms with Gasteiger partial charge in [0, 0.05) is 10.5 Å². The number of phenols is 1. The van der Waals surface area contributed by atoms with Crippen LogP contribution in [-0.2, 0) is 6.61 Å². The minimum Gasteiger partial charge on any atom is -0.507 e. The van der Waals surface area contributed by atoms with Crippen LogP contribution >= 0.6 is 38.5 Å². The summed E-state index contributed by atoms with van der Waals surface area (Å²) in [5, 5.41) is 13.9. The molecule has 3 rings (SSSR count). The number of hydrazone groups is 1. The van der Waals surface area contributed by atoms with Crippen molar-refractivity contribution in [3.8, 4) is 23.0 Å². The first kappa shape index (κ1) is 23.9. The molecule has 32 heavy (non-hydrogen) atoms. The molecule has 0 heterocycles. The molecule has 0 saturated heterocycles. The van der Waals surface area contributed by atoms with Crippen LogP contribution in [0.3, 0.4) is 0 Å². The highest BCUT2D eigenvalue weighted by Gasteiger charge is 2.13. The number of methoxy groups -OCH3 is 2. The number of nitrogens with one attached hydrogen (secondary N) is 1. The molecule has 1 amide bonds. The summed E-state index contributed by atoms with van der Waals surface area (Å²) >= 11 is 5.58. The molecule has 0 bridgehead atoms. The first-order valence-electron chi connectivity index (χ1n) is 9.36. The summed E-state index contributed by atoms with van der Waals surface area (Å²) in [6, 6.07) is 15.9. The van der Waals surface area contributed by atoms with E-state index in [4.69, 9.17) is 14.2 Å². The van der Waals surface area contributed by atoms with Gasteiger partial charge >= 0.3 is 0 Å². The Morgan fingerprint density at radius 1 is 1.12 bits per heavy atom.